The zero-order valence-electron chi connectivity index (χ0n) is 8.24. The summed E-state index contributed by atoms with van der Waals surface area (Å²) in [6, 6.07) is 0. The molecule has 0 fully saturated rings. The summed E-state index contributed by atoms with van der Waals surface area (Å²) < 4.78 is 0. The van der Waals surface area contributed by atoms with Crippen molar-refractivity contribution < 1.29 is 4.79 Å². The minimum absolute atomic E-state index is 0.0164. The van der Waals surface area contributed by atoms with Crippen molar-refractivity contribution in [2.75, 3.05) is 0 Å². The van der Waals surface area contributed by atoms with Crippen LogP contribution in [0.4, 0.5) is 0 Å². The van der Waals surface area contributed by atoms with Crippen LogP contribution in [0, 0.1) is 12.8 Å². The van der Waals surface area contributed by atoms with Gasteiger partial charge in [-0.05, 0) is 18.9 Å². The molecule has 0 aliphatic heterocycles. The van der Waals surface area contributed by atoms with E-state index in [9.17, 15) is 4.79 Å². The Morgan fingerprint density at radius 1 is 1.46 bits per heavy atom. The van der Waals surface area contributed by atoms with E-state index < -0.39 is 0 Å². The Morgan fingerprint density at radius 3 is 2.46 bits per heavy atom. The SMILES string of the molecule is CCC(C)C(=O)c1ncc(C)cn1. The first-order valence-electron chi connectivity index (χ1n) is 4.48. The second-order valence-electron chi connectivity index (χ2n) is 3.26. The molecule has 1 unspecified atom stereocenters. The number of Topliss-reactive ketones (excluding diaryl/α,β-unsaturated/α-hetero) is 1. The maximum absolute atomic E-state index is 11.6. The van der Waals surface area contributed by atoms with Crippen LogP contribution in [-0.4, -0.2) is 15.8 Å². The van der Waals surface area contributed by atoms with E-state index in [2.05, 4.69) is 9.97 Å². The van der Waals surface area contributed by atoms with Gasteiger partial charge < -0.3 is 0 Å². The summed E-state index contributed by atoms with van der Waals surface area (Å²) in [6.45, 7) is 5.78. The first-order valence-corrected chi connectivity index (χ1v) is 4.48. The van der Waals surface area contributed by atoms with Gasteiger partial charge in [0, 0.05) is 18.3 Å². The molecule has 1 aromatic heterocycles. The summed E-state index contributed by atoms with van der Waals surface area (Å²) in [5, 5.41) is 0. The maximum atomic E-state index is 11.6. The highest BCUT2D eigenvalue weighted by atomic mass is 16.1. The molecule has 0 aliphatic carbocycles. The van der Waals surface area contributed by atoms with Crippen LogP contribution in [-0.2, 0) is 0 Å². The molecule has 0 radical (unpaired) electrons. The van der Waals surface area contributed by atoms with Crippen molar-refractivity contribution in [2.45, 2.75) is 27.2 Å². The largest absolute Gasteiger partial charge is 0.290 e. The highest BCUT2D eigenvalue weighted by Gasteiger charge is 2.15. The summed E-state index contributed by atoms with van der Waals surface area (Å²) in [7, 11) is 0. The van der Waals surface area contributed by atoms with Gasteiger partial charge in [-0.15, -0.1) is 0 Å². The lowest BCUT2D eigenvalue weighted by Gasteiger charge is -2.04. The quantitative estimate of drug-likeness (QED) is 0.665. The van der Waals surface area contributed by atoms with Crippen LogP contribution in [0.5, 0.6) is 0 Å². The average Bonchev–Trinajstić information content (AvgIpc) is 2.17. The zero-order valence-corrected chi connectivity index (χ0v) is 8.24. The zero-order chi connectivity index (χ0) is 9.84. The summed E-state index contributed by atoms with van der Waals surface area (Å²) in [5.74, 6) is 0.380. The van der Waals surface area contributed by atoms with Crippen molar-refractivity contribution in [3.8, 4) is 0 Å². The third kappa shape index (κ3) is 2.34. The van der Waals surface area contributed by atoms with E-state index in [-0.39, 0.29) is 11.7 Å². The first kappa shape index (κ1) is 9.84. The number of ketones is 1. The summed E-state index contributed by atoms with van der Waals surface area (Å²) in [5.41, 5.74) is 0.973. The van der Waals surface area contributed by atoms with Gasteiger partial charge in [-0.1, -0.05) is 13.8 Å². The fraction of sp³-hybridized carbons (Fsp3) is 0.500. The van der Waals surface area contributed by atoms with Gasteiger partial charge in [0.05, 0.1) is 0 Å². The predicted molar refractivity (Wildman–Crippen MR) is 50.6 cm³/mol. The molecule has 0 saturated heterocycles. The lowest BCUT2D eigenvalue weighted by molar-refractivity contribution is 0.0916. The Hall–Kier alpha value is -1.25. The average molecular weight is 178 g/mol. The predicted octanol–water partition coefficient (Wildman–Crippen LogP) is 2.01. The third-order valence-electron chi connectivity index (χ3n) is 2.06. The van der Waals surface area contributed by atoms with Gasteiger partial charge in [0.15, 0.2) is 5.82 Å². The van der Waals surface area contributed by atoms with Crippen molar-refractivity contribution in [1.29, 1.82) is 0 Å². The number of carbonyl (C=O) groups excluding carboxylic acids is 1. The molecule has 3 nitrogen and oxygen atoms in total. The molecular weight excluding hydrogens is 164 g/mol. The van der Waals surface area contributed by atoms with Gasteiger partial charge in [-0.25, -0.2) is 9.97 Å². The molecule has 13 heavy (non-hydrogen) atoms. The maximum Gasteiger partial charge on any atom is 0.202 e. The van der Waals surface area contributed by atoms with Crippen LogP contribution in [0.25, 0.3) is 0 Å². The minimum Gasteiger partial charge on any atom is -0.290 e. The fourth-order valence-electron chi connectivity index (χ4n) is 0.926. The molecule has 3 heteroatoms. The van der Waals surface area contributed by atoms with Crippen LogP contribution in [0.15, 0.2) is 12.4 Å². The molecule has 1 rings (SSSR count). The standard InChI is InChI=1S/C10H14N2O/c1-4-8(3)9(13)10-11-5-7(2)6-12-10/h5-6,8H,4H2,1-3H3. The molecule has 0 saturated carbocycles. The number of nitrogens with zero attached hydrogens (tertiary/aromatic N) is 2. The molecule has 0 amide bonds. The van der Waals surface area contributed by atoms with Gasteiger partial charge >= 0.3 is 0 Å². The molecule has 0 bridgehead atoms. The van der Waals surface area contributed by atoms with Gasteiger partial charge in [0.25, 0.3) is 0 Å². The Bertz CT molecular complexity index is 292. The van der Waals surface area contributed by atoms with E-state index in [1.54, 1.807) is 12.4 Å². The monoisotopic (exact) mass is 178 g/mol. The number of rotatable bonds is 3. The van der Waals surface area contributed by atoms with E-state index in [1.165, 1.54) is 0 Å². The molecular formula is C10H14N2O. The van der Waals surface area contributed by atoms with Crippen molar-refractivity contribution in [3.63, 3.8) is 0 Å². The topological polar surface area (TPSA) is 42.9 Å². The Morgan fingerprint density at radius 2 is 2.00 bits per heavy atom. The lowest BCUT2D eigenvalue weighted by atomic mass is 10.0. The van der Waals surface area contributed by atoms with E-state index in [4.69, 9.17) is 0 Å². The van der Waals surface area contributed by atoms with Crippen LogP contribution < -0.4 is 0 Å². The van der Waals surface area contributed by atoms with Gasteiger partial charge in [0.1, 0.15) is 0 Å². The van der Waals surface area contributed by atoms with Crippen molar-refractivity contribution >= 4 is 5.78 Å². The number of hydrogen-bond donors (Lipinski definition) is 0. The molecule has 1 aromatic rings. The van der Waals surface area contributed by atoms with Gasteiger partial charge in [0.2, 0.25) is 5.78 Å². The van der Waals surface area contributed by atoms with E-state index >= 15 is 0 Å². The second-order valence-corrected chi connectivity index (χ2v) is 3.26. The highest BCUT2D eigenvalue weighted by molar-refractivity contribution is 5.94. The smallest absolute Gasteiger partial charge is 0.202 e. The normalized spacial score (nSPS) is 12.5. The van der Waals surface area contributed by atoms with Gasteiger partial charge in [-0.3, -0.25) is 4.79 Å². The summed E-state index contributed by atoms with van der Waals surface area (Å²) in [6.07, 6.45) is 4.17. The molecule has 1 heterocycles. The van der Waals surface area contributed by atoms with E-state index in [0.29, 0.717) is 5.82 Å². The molecule has 0 N–H and O–H groups in total. The second kappa shape index (κ2) is 4.12. The minimum atomic E-state index is 0.0164. The van der Waals surface area contributed by atoms with Crippen LogP contribution >= 0.6 is 0 Å². The van der Waals surface area contributed by atoms with Crippen LogP contribution in [0.2, 0.25) is 0 Å². The number of carbonyl (C=O) groups is 1. The van der Waals surface area contributed by atoms with Crippen molar-refractivity contribution in [3.05, 3.63) is 23.8 Å². The van der Waals surface area contributed by atoms with Crippen LogP contribution in [0.1, 0.15) is 36.5 Å². The van der Waals surface area contributed by atoms with Gasteiger partial charge in [-0.2, -0.15) is 0 Å². The molecule has 0 aliphatic rings. The Kier molecular flexibility index (Phi) is 3.12. The molecule has 0 spiro atoms. The highest BCUT2D eigenvalue weighted by Crippen LogP contribution is 2.07. The van der Waals surface area contributed by atoms with Crippen LogP contribution in [0.3, 0.4) is 0 Å². The lowest BCUT2D eigenvalue weighted by Crippen LogP contribution is -2.13. The molecule has 0 aromatic carbocycles. The Labute approximate surface area is 78.2 Å². The third-order valence-corrected chi connectivity index (χ3v) is 2.06. The Balaban J connectivity index is 2.83. The fourth-order valence-corrected chi connectivity index (χ4v) is 0.926. The first-order chi connectivity index (χ1) is 6.15. The number of aromatic nitrogens is 2. The van der Waals surface area contributed by atoms with E-state index in [0.717, 1.165) is 12.0 Å². The van der Waals surface area contributed by atoms with E-state index in [1.807, 2.05) is 20.8 Å². The molecule has 70 valence electrons. The van der Waals surface area contributed by atoms with Crippen molar-refractivity contribution in [2.24, 2.45) is 5.92 Å². The summed E-state index contributed by atoms with van der Waals surface area (Å²) >= 11 is 0. The summed E-state index contributed by atoms with van der Waals surface area (Å²) in [4.78, 5) is 19.5. The number of aryl methyl sites for hydroxylation is 1. The number of hydrogen-bond acceptors (Lipinski definition) is 3. The molecule has 1 atom stereocenters. The van der Waals surface area contributed by atoms with Crippen molar-refractivity contribution in [1.82, 2.24) is 9.97 Å².